The molecule has 5 nitrogen and oxygen atoms in total. The Morgan fingerprint density at radius 1 is 1.31 bits per heavy atom. The monoisotopic (exact) mass is 243 g/mol. The van der Waals surface area contributed by atoms with Gasteiger partial charge in [-0.2, -0.15) is 13.2 Å². The molecule has 16 heavy (non-hydrogen) atoms. The molecule has 2 atom stereocenters. The minimum atomic E-state index is -4.89. The molecule has 0 amide bonds. The van der Waals surface area contributed by atoms with Crippen LogP contribution in [0.3, 0.4) is 0 Å². The molecule has 2 unspecified atom stereocenters. The third-order valence-electron chi connectivity index (χ3n) is 1.85. The van der Waals surface area contributed by atoms with E-state index in [-0.39, 0.29) is 0 Å². The molecule has 3 N–H and O–H groups in total. The van der Waals surface area contributed by atoms with Gasteiger partial charge in [0, 0.05) is 0 Å². The maximum absolute atomic E-state index is 12.4. The first kappa shape index (κ1) is 14.7. The molecule has 0 spiro atoms. The second-order valence-corrected chi connectivity index (χ2v) is 3.49. The zero-order valence-electron chi connectivity index (χ0n) is 8.62. The van der Waals surface area contributed by atoms with Crippen LogP contribution < -0.4 is 5.73 Å². The van der Waals surface area contributed by atoms with E-state index in [1.54, 1.807) is 0 Å². The summed E-state index contributed by atoms with van der Waals surface area (Å²) in [7, 11) is 0. The molecule has 0 fully saturated rings. The summed E-state index contributed by atoms with van der Waals surface area (Å²) in [5.41, 5.74) is 5.21. The highest BCUT2D eigenvalue weighted by Gasteiger charge is 2.48. The highest BCUT2D eigenvalue weighted by Crippen LogP contribution is 2.27. The van der Waals surface area contributed by atoms with E-state index >= 15 is 0 Å². The number of ether oxygens (including phenoxy) is 1. The van der Waals surface area contributed by atoms with Crippen molar-refractivity contribution in [3.8, 4) is 0 Å². The average molecular weight is 243 g/mol. The van der Waals surface area contributed by atoms with Crippen molar-refractivity contribution < 1.29 is 32.6 Å². The fourth-order valence-corrected chi connectivity index (χ4v) is 0.879. The molecule has 94 valence electrons. The van der Waals surface area contributed by atoms with E-state index in [2.05, 4.69) is 4.74 Å². The summed E-state index contributed by atoms with van der Waals surface area (Å²) in [6.45, 7) is 2.80. The Bertz CT molecular complexity index is 277. The highest BCUT2D eigenvalue weighted by atomic mass is 19.4. The van der Waals surface area contributed by atoms with Crippen molar-refractivity contribution in [1.29, 1.82) is 0 Å². The standard InChI is InChI=1S/C8H12F3NO4/c1-3(2)4(12)5(8(9,10)11)16-7(15)6(13)14/h3-5H,12H2,1-2H3,(H,13,14). The minimum Gasteiger partial charge on any atom is -0.473 e. The fraction of sp³-hybridized carbons (Fsp3) is 0.750. The number of carboxylic acids is 1. The molecule has 0 aromatic heterocycles. The first-order valence-electron chi connectivity index (χ1n) is 4.33. The van der Waals surface area contributed by atoms with Crippen molar-refractivity contribution in [3.63, 3.8) is 0 Å². The molecular formula is C8H12F3NO4. The number of halogens is 3. The molecule has 0 aromatic carbocycles. The van der Waals surface area contributed by atoms with E-state index in [1.165, 1.54) is 13.8 Å². The SMILES string of the molecule is CC(C)C(N)C(OC(=O)C(=O)O)C(F)(F)F. The predicted octanol–water partition coefficient (Wildman–Crippen LogP) is 0.528. The highest BCUT2D eigenvalue weighted by molar-refractivity contribution is 6.28. The Morgan fingerprint density at radius 3 is 2.00 bits per heavy atom. The van der Waals surface area contributed by atoms with Crippen LogP contribution in [-0.4, -0.2) is 35.4 Å². The van der Waals surface area contributed by atoms with E-state index in [0.29, 0.717) is 0 Å². The largest absolute Gasteiger partial charge is 0.473 e. The quantitative estimate of drug-likeness (QED) is 0.557. The molecule has 0 aromatic rings. The smallest absolute Gasteiger partial charge is 0.427 e. The van der Waals surface area contributed by atoms with Crippen LogP contribution in [0.5, 0.6) is 0 Å². The first-order valence-corrected chi connectivity index (χ1v) is 4.33. The summed E-state index contributed by atoms with van der Waals surface area (Å²) in [4.78, 5) is 20.6. The van der Waals surface area contributed by atoms with Gasteiger partial charge in [0.1, 0.15) is 0 Å². The normalized spacial score (nSPS) is 15.7. The van der Waals surface area contributed by atoms with Gasteiger partial charge in [0.15, 0.2) is 0 Å². The van der Waals surface area contributed by atoms with Crippen molar-refractivity contribution in [2.45, 2.75) is 32.2 Å². The molecule has 0 saturated heterocycles. The van der Waals surface area contributed by atoms with E-state index in [1.807, 2.05) is 0 Å². The molecule has 0 bridgehead atoms. The Hall–Kier alpha value is -1.31. The van der Waals surface area contributed by atoms with Gasteiger partial charge in [0.25, 0.3) is 0 Å². The number of rotatable bonds is 3. The average Bonchev–Trinajstić information content (AvgIpc) is 2.10. The van der Waals surface area contributed by atoms with Crippen LogP contribution in [-0.2, 0) is 14.3 Å². The lowest BCUT2D eigenvalue weighted by Crippen LogP contribution is -2.51. The number of carbonyl (C=O) groups is 2. The third-order valence-corrected chi connectivity index (χ3v) is 1.85. The van der Waals surface area contributed by atoms with E-state index in [4.69, 9.17) is 10.8 Å². The van der Waals surface area contributed by atoms with E-state index in [9.17, 15) is 22.8 Å². The van der Waals surface area contributed by atoms with Gasteiger partial charge in [-0.05, 0) is 5.92 Å². The van der Waals surface area contributed by atoms with Crippen LogP contribution >= 0.6 is 0 Å². The molecule has 0 rings (SSSR count). The number of aliphatic carboxylic acids is 1. The van der Waals surface area contributed by atoms with Crippen LogP contribution in [0, 0.1) is 5.92 Å². The number of carbonyl (C=O) groups excluding carboxylic acids is 1. The number of carboxylic acid groups (broad SMARTS) is 1. The summed E-state index contributed by atoms with van der Waals surface area (Å²) < 4.78 is 41.0. The van der Waals surface area contributed by atoms with Crippen molar-refractivity contribution >= 4 is 11.9 Å². The van der Waals surface area contributed by atoms with E-state index < -0.39 is 36.2 Å². The van der Waals surface area contributed by atoms with Gasteiger partial charge in [0.05, 0.1) is 6.04 Å². The lowest BCUT2D eigenvalue weighted by molar-refractivity contribution is -0.229. The van der Waals surface area contributed by atoms with Gasteiger partial charge >= 0.3 is 18.1 Å². The summed E-state index contributed by atoms with van der Waals surface area (Å²) in [6.07, 6.45) is -7.51. The number of alkyl halides is 3. The molecule has 0 heterocycles. The fourth-order valence-electron chi connectivity index (χ4n) is 0.879. The van der Waals surface area contributed by atoms with E-state index in [0.717, 1.165) is 0 Å². The second-order valence-electron chi connectivity index (χ2n) is 3.49. The molecule has 0 aliphatic rings. The maximum atomic E-state index is 12.4. The Kier molecular flexibility index (Phi) is 4.73. The van der Waals surface area contributed by atoms with Crippen LogP contribution in [0.25, 0.3) is 0 Å². The zero-order valence-corrected chi connectivity index (χ0v) is 8.62. The Labute approximate surface area is 89.4 Å². The second kappa shape index (κ2) is 5.15. The van der Waals surface area contributed by atoms with Crippen molar-refractivity contribution in [2.75, 3.05) is 0 Å². The number of esters is 1. The molecule has 0 aliphatic carbocycles. The number of hydrogen-bond donors (Lipinski definition) is 2. The van der Waals surface area contributed by atoms with Crippen molar-refractivity contribution in [3.05, 3.63) is 0 Å². The molecule has 0 aliphatic heterocycles. The lowest BCUT2D eigenvalue weighted by Gasteiger charge is -2.27. The molecular weight excluding hydrogens is 231 g/mol. The van der Waals surface area contributed by atoms with Gasteiger partial charge in [0.2, 0.25) is 6.10 Å². The van der Waals surface area contributed by atoms with Gasteiger partial charge in [-0.3, -0.25) is 0 Å². The summed E-state index contributed by atoms with van der Waals surface area (Å²) in [5, 5.41) is 8.13. The first-order chi connectivity index (χ1) is 7.07. The maximum Gasteiger partial charge on any atom is 0.427 e. The predicted molar refractivity (Wildman–Crippen MR) is 46.4 cm³/mol. The Balaban J connectivity index is 4.84. The number of nitrogens with two attached hydrogens (primary N) is 1. The lowest BCUT2D eigenvalue weighted by atomic mass is 9.99. The summed E-state index contributed by atoms with van der Waals surface area (Å²) >= 11 is 0. The summed E-state index contributed by atoms with van der Waals surface area (Å²) in [6, 6.07) is -1.51. The van der Waals surface area contributed by atoms with Gasteiger partial charge in [-0.15, -0.1) is 0 Å². The van der Waals surface area contributed by atoms with Crippen LogP contribution in [0.15, 0.2) is 0 Å². The molecule has 0 radical (unpaired) electrons. The van der Waals surface area contributed by atoms with Crippen LogP contribution in [0.4, 0.5) is 13.2 Å². The minimum absolute atomic E-state index is 0.617. The van der Waals surface area contributed by atoms with Crippen LogP contribution in [0.2, 0.25) is 0 Å². The van der Waals surface area contributed by atoms with Crippen molar-refractivity contribution in [1.82, 2.24) is 0 Å². The zero-order chi connectivity index (χ0) is 13.1. The summed E-state index contributed by atoms with van der Waals surface area (Å²) in [5.74, 6) is -4.68. The molecule has 8 heteroatoms. The van der Waals surface area contributed by atoms with Crippen molar-refractivity contribution in [2.24, 2.45) is 11.7 Å². The van der Waals surface area contributed by atoms with Gasteiger partial charge in [-0.25, -0.2) is 9.59 Å². The van der Waals surface area contributed by atoms with Gasteiger partial charge < -0.3 is 15.6 Å². The number of hydrogen-bond acceptors (Lipinski definition) is 4. The van der Waals surface area contributed by atoms with Crippen LogP contribution in [0.1, 0.15) is 13.8 Å². The third kappa shape index (κ3) is 4.05. The van der Waals surface area contributed by atoms with Gasteiger partial charge in [-0.1, -0.05) is 13.8 Å². The Morgan fingerprint density at radius 2 is 1.75 bits per heavy atom. The topological polar surface area (TPSA) is 89.6 Å². The molecule has 0 saturated carbocycles.